The fraction of sp³-hybridized carbons (Fsp3) is 0.235. The Morgan fingerprint density at radius 2 is 1.95 bits per heavy atom. The van der Waals surface area contributed by atoms with Crippen molar-refractivity contribution in [3.63, 3.8) is 0 Å². The van der Waals surface area contributed by atoms with Crippen molar-refractivity contribution in [3.05, 3.63) is 64.9 Å². The second-order valence-electron chi connectivity index (χ2n) is 5.05. The van der Waals surface area contributed by atoms with Gasteiger partial charge in [0.05, 0.1) is 16.9 Å². The molecular weight excluding hydrogens is 284 g/mol. The maximum atomic E-state index is 10.6. The SMILES string of the molecule is CCn1ncc(Cl)c1C(O)Cc1cccc2ccccc12. The number of fused-ring (bicyclic) bond motifs is 1. The van der Waals surface area contributed by atoms with Gasteiger partial charge in [0.15, 0.2) is 0 Å². The molecule has 0 aliphatic heterocycles. The van der Waals surface area contributed by atoms with Gasteiger partial charge in [-0.05, 0) is 23.3 Å². The van der Waals surface area contributed by atoms with Gasteiger partial charge in [0.25, 0.3) is 0 Å². The average molecular weight is 301 g/mol. The molecular formula is C17H17ClN2O. The minimum atomic E-state index is -0.661. The van der Waals surface area contributed by atoms with Gasteiger partial charge in [0.1, 0.15) is 6.10 Å². The van der Waals surface area contributed by atoms with E-state index in [-0.39, 0.29) is 0 Å². The number of aromatic nitrogens is 2. The Morgan fingerprint density at radius 1 is 1.19 bits per heavy atom. The van der Waals surface area contributed by atoms with Crippen molar-refractivity contribution in [3.8, 4) is 0 Å². The van der Waals surface area contributed by atoms with Crippen molar-refractivity contribution in [2.24, 2.45) is 0 Å². The Hall–Kier alpha value is -1.84. The molecule has 21 heavy (non-hydrogen) atoms. The lowest BCUT2D eigenvalue weighted by Crippen LogP contribution is -2.10. The van der Waals surface area contributed by atoms with Crippen molar-refractivity contribution in [2.75, 3.05) is 0 Å². The fourth-order valence-corrected chi connectivity index (χ4v) is 3.00. The van der Waals surface area contributed by atoms with Gasteiger partial charge in [-0.15, -0.1) is 0 Å². The number of halogens is 1. The third kappa shape index (κ3) is 2.67. The summed E-state index contributed by atoms with van der Waals surface area (Å²) >= 11 is 6.16. The quantitative estimate of drug-likeness (QED) is 0.791. The Balaban J connectivity index is 1.96. The number of hydrogen-bond donors (Lipinski definition) is 1. The third-order valence-electron chi connectivity index (χ3n) is 3.74. The second kappa shape index (κ2) is 5.88. The van der Waals surface area contributed by atoms with E-state index in [0.29, 0.717) is 23.7 Å². The van der Waals surface area contributed by atoms with Crippen LogP contribution in [0.15, 0.2) is 48.7 Å². The van der Waals surface area contributed by atoms with Gasteiger partial charge in [-0.25, -0.2) is 0 Å². The summed E-state index contributed by atoms with van der Waals surface area (Å²) in [6.07, 6.45) is 1.45. The van der Waals surface area contributed by atoms with Crippen LogP contribution in [0.2, 0.25) is 5.02 Å². The highest BCUT2D eigenvalue weighted by Gasteiger charge is 2.18. The van der Waals surface area contributed by atoms with E-state index in [0.717, 1.165) is 10.9 Å². The second-order valence-corrected chi connectivity index (χ2v) is 5.46. The Bertz CT molecular complexity index is 761. The number of rotatable bonds is 4. The topological polar surface area (TPSA) is 38.0 Å². The molecule has 4 heteroatoms. The minimum Gasteiger partial charge on any atom is -0.386 e. The molecule has 0 aliphatic rings. The molecule has 3 rings (SSSR count). The number of nitrogens with zero attached hydrogens (tertiary/aromatic N) is 2. The Labute approximate surface area is 128 Å². The number of hydrogen-bond acceptors (Lipinski definition) is 2. The van der Waals surface area contributed by atoms with Gasteiger partial charge in [-0.2, -0.15) is 5.10 Å². The minimum absolute atomic E-state index is 0.518. The summed E-state index contributed by atoms with van der Waals surface area (Å²) in [5.41, 5.74) is 1.80. The van der Waals surface area contributed by atoms with E-state index in [1.165, 1.54) is 5.39 Å². The molecule has 3 aromatic rings. The predicted octanol–water partition coefficient (Wildman–Crippen LogP) is 3.99. The molecule has 1 heterocycles. The molecule has 0 amide bonds. The number of aryl methyl sites for hydroxylation is 1. The van der Waals surface area contributed by atoms with Crippen LogP contribution in [0.5, 0.6) is 0 Å². The van der Waals surface area contributed by atoms with E-state index >= 15 is 0 Å². The van der Waals surface area contributed by atoms with Crippen molar-refractivity contribution in [1.29, 1.82) is 0 Å². The molecule has 0 saturated heterocycles. The molecule has 108 valence electrons. The first-order valence-corrected chi connectivity index (χ1v) is 7.44. The molecule has 0 bridgehead atoms. The van der Waals surface area contributed by atoms with Crippen LogP contribution in [0.1, 0.15) is 24.3 Å². The van der Waals surface area contributed by atoms with Gasteiger partial charge in [0.2, 0.25) is 0 Å². The molecule has 2 aromatic carbocycles. The van der Waals surface area contributed by atoms with Crippen LogP contribution in [-0.2, 0) is 13.0 Å². The molecule has 0 aliphatic carbocycles. The van der Waals surface area contributed by atoms with Crippen LogP contribution in [0, 0.1) is 0 Å². The molecule has 1 unspecified atom stereocenters. The number of aliphatic hydroxyl groups is 1. The molecule has 0 saturated carbocycles. The third-order valence-corrected chi connectivity index (χ3v) is 4.03. The zero-order valence-corrected chi connectivity index (χ0v) is 12.6. The van der Waals surface area contributed by atoms with E-state index in [2.05, 4.69) is 23.3 Å². The van der Waals surface area contributed by atoms with E-state index in [9.17, 15) is 5.11 Å². The molecule has 1 N–H and O–H groups in total. The smallest absolute Gasteiger partial charge is 0.101 e. The molecule has 0 fully saturated rings. The van der Waals surface area contributed by atoms with Gasteiger partial charge in [-0.3, -0.25) is 4.68 Å². The van der Waals surface area contributed by atoms with Crippen molar-refractivity contribution in [1.82, 2.24) is 9.78 Å². The van der Waals surface area contributed by atoms with Crippen LogP contribution >= 0.6 is 11.6 Å². The lowest BCUT2D eigenvalue weighted by Gasteiger charge is -2.14. The van der Waals surface area contributed by atoms with Crippen LogP contribution in [-0.4, -0.2) is 14.9 Å². The highest BCUT2D eigenvalue weighted by Crippen LogP contribution is 2.28. The largest absolute Gasteiger partial charge is 0.386 e. The van der Waals surface area contributed by atoms with E-state index in [4.69, 9.17) is 11.6 Å². The molecule has 1 aromatic heterocycles. The van der Waals surface area contributed by atoms with Crippen molar-refractivity contribution in [2.45, 2.75) is 26.0 Å². The first-order valence-electron chi connectivity index (χ1n) is 7.06. The van der Waals surface area contributed by atoms with E-state index in [1.807, 2.05) is 31.2 Å². The molecule has 0 spiro atoms. The van der Waals surface area contributed by atoms with Gasteiger partial charge >= 0.3 is 0 Å². The highest BCUT2D eigenvalue weighted by molar-refractivity contribution is 6.31. The number of aliphatic hydroxyl groups excluding tert-OH is 1. The van der Waals surface area contributed by atoms with Crippen molar-refractivity contribution < 1.29 is 5.11 Å². The van der Waals surface area contributed by atoms with Gasteiger partial charge in [0, 0.05) is 13.0 Å². The van der Waals surface area contributed by atoms with Crippen LogP contribution < -0.4 is 0 Å². The monoisotopic (exact) mass is 300 g/mol. The summed E-state index contributed by atoms with van der Waals surface area (Å²) in [7, 11) is 0. The zero-order valence-electron chi connectivity index (χ0n) is 11.8. The molecule has 0 radical (unpaired) electrons. The van der Waals surface area contributed by atoms with Crippen molar-refractivity contribution >= 4 is 22.4 Å². The van der Waals surface area contributed by atoms with Crippen LogP contribution in [0.25, 0.3) is 10.8 Å². The molecule has 1 atom stereocenters. The summed E-state index contributed by atoms with van der Waals surface area (Å²) in [5.74, 6) is 0. The Morgan fingerprint density at radius 3 is 2.76 bits per heavy atom. The normalized spacial score (nSPS) is 12.7. The summed E-state index contributed by atoms with van der Waals surface area (Å²) in [4.78, 5) is 0. The van der Waals surface area contributed by atoms with E-state index in [1.54, 1.807) is 10.9 Å². The summed E-state index contributed by atoms with van der Waals surface area (Å²) in [5, 5.41) is 17.6. The van der Waals surface area contributed by atoms with Crippen LogP contribution in [0.3, 0.4) is 0 Å². The molecule has 3 nitrogen and oxygen atoms in total. The Kier molecular flexibility index (Phi) is 3.95. The summed E-state index contributed by atoms with van der Waals surface area (Å²) < 4.78 is 1.75. The summed E-state index contributed by atoms with van der Waals surface area (Å²) in [6.45, 7) is 2.67. The maximum Gasteiger partial charge on any atom is 0.101 e. The lowest BCUT2D eigenvalue weighted by atomic mass is 9.99. The first-order chi connectivity index (χ1) is 10.2. The zero-order chi connectivity index (χ0) is 14.8. The lowest BCUT2D eigenvalue weighted by molar-refractivity contribution is 0.167. The van der Waals surface area contributed by atoms with Crippen LogP contribution in [0.4, 0.5) is 0 Å². The standard InChI is InChI=1S/C17H17ClN2O/c1-2-20-17(15(18)11-19-20)16(21)10-13-8-5-7-12-6-3-4-9-14(12)13/h3-9,11,16,21H,2,10H2,1H3. The first kappa shape index (κ1) is 14.1. The van der Waals surface area contributed by atoms with E-state index < -0.39 is 6.10 Å². The summed E-state index contributed by atoms with van der Waals surface area (Å²) in [6, 6.07) is 14.3. The number of benzene rings is 2. The highest BCUT2D eigenvalue weighted by atomic mass is 35.5. The predicted molar refractivity (Wildman–Crippen MR) is 85.5 cm³/mol. The van der Waals surface area contributed by atoms with Gasteiger partial charge < -0.3 is 5.11 Å². The maximum absolute atomic E-state index is 10.6. The average Bonchev–Trinajstić information content (AvgIpc) is 2.88. The van der Waals surface area contributed by atoms with Gasteiger partial charge in [-0.1, -0.05) is 54.1 Å². The fourth-order valence-electron chi connectivity index (χ4n) is 2.73.